The van der Waals surface area contributed by atoms with E-state index in [2.05, 4.69) is 41.1 Å². The Morgan fingerprint density at radius 1 is 1.50 bits per heavy atom. The van der Waals surface area contributed by atoms with Gasteiger partial charge in [0.05, 0.1) is 6.20 Å². The monoisotopic (exact) mass is 222 g/mol. The second-order valence-electron chi connectivity index (χ2n) is 4.88. The molecule has 0 radical (unpaired) electrons. The number of nitrogens with one attached hydrogen (secondary N) is 2. The molecular weight excluding hydrogens is 200 g/mol. The highest BCUT2D eigenvalue weighted by atomic mass is 15.3. The molecule has 1 aliphatic heterocycles. The third-order valence-corrected chi connectivity index (χ3v) is 3.77. The van der Waals surface area contributed by atoms with Crippen molar-refractivity contribution in [2.75, 3.05) is 25.0 Å². The van der Waals surface area contributed by atoms with Crippen LogP contribution in [0.4, 0.5) is 5.95 Å². The Hall–Kier alpha value is -1.03. The van der Waals surface area contributed by atoms with Gasteiger partial charge >= 0.3 is 0 Å². The summed E-state index contributed by atoms with van der Waals surface area (Å²) in [6.45, 7) is 6.59. The van der Waals surface area contributed by atoms with Crippen molar-refractivity contribution in [2.24, 2.45) is 0 Å². The number of H-pyrrole nitrogens is 1. The predicted molar refractivity (Wildman–Crippen MR) is 66.9 cm³/mol. The quantitative estimate of drug-likeness (QED) is 0.815. The van der Waals surface area contributed by atoms with E-state index in [9.17, 15) is 0 Å². The Morgan fingerprint density at radius 3 is 2.69 bits per heavy atom. The zero-order valence-corrected chi connectivity index (χ0v) is 10.5. The number of piperidine rings is 1. The molecule has 2 heterocycles. The van der Waals surface area contributed by atoms with Crippen LogP contribution in [0.2, 0.25) is 0 Å². The summed E-state index contributed by atoms with van der Waals surface area (Å²) in [6, 6.07) is 0. The van der Waals surface area contributed by atoms with Gasteiger partial charge in [-0.2, -0.15) is 0 Å². The summed E-state index contributed by atoms with van der Waals surface area (Å²) >= 11 is 0. The molecule has 2 rings (SSSR count). The first kappa shape index (κ1) is 11.5. The SMILES string of the molecule is CCc1cnc(N2CCC(C)(NC)CC2)[nH]1. The maximum atomic E-state index is 4.43. The predicted octanol–water partition coefficient (Wildman–Crippen LogP) is 1.55. The van der Waals surface area contributed by atoms with Gasteiger partial charge in [0.15, 0.2) is 0 Å². The molecule has 90 valence electrons. The Balaban J connectivity index is 1.98. The minimum Gasteiger partial charge on any atom is -0.342 e. The van der Waals surface area contributed by atoms with Crippen LogP contribution in [-0.4, -0.2) is 35.6 Å². The first-order valence-electron chi connectivity index (χ1n) is 6.14. The van der Waals surface area contributed by atoms with E-state index in [-0.39, 0.29) is 0 Å². The van der Waals surface area contributed by atoms with Crippen molar-refractivity contribution in [3.05, 3.63) is 11.9 Å². The molecule has 0 unspecified atom stereocenters. The zero-order valence-electron chi connectivity index (χ0n) is 10.5. The van der Waals surface area contributed by atoms with Crippen LogP contribution in [-0.2, 0) is 6.42 Å². The molecule has 2 N–H and O–H groups in total. The number of hydrogen-bond donors (Lipinski definition) is 2. The van der Waals surface area contributed by atoms with Gasteiger partial charge in [0, 0.05) is 24.3 Å². The van der Waals surface area contributed by atoms with Gasteiger partial charge in [-0.05, 0) is 33.2 Å². The summed E-state index contributed by atoms with van der Waals surface area (Å²) in [7, 11) is 2.05. The molecule has 0 amide bonds. The van der Waals surface area contributed by atoms with Gasteiger partial charge in [-0.25, -0.2) is 4.98 Å². The lowest BCUT2D eigenvalue weighted by Crippen LogP contribution is -2.50. The van der Waals surface area contributed by atoms with Gasteiger partial charge in [0.2, 0.25) is 5.95 Å². The second kappa shape index (κ2) is 4.45. The van der Waals surface area contributed by atoms with Crippen molar-refractivity contribution in [1.82, 2.24) is 15.3 Å². The zero-order chi connectivity index (χ0) is 11.6. The van der Waals surface area contributed by atoms with Crippen molar-refractivity contribution >= 4 is 5.95 Å². The fraction of sp³-hybridized carbons (Fsp3) is 0.750. The Morgan fingerprint density at radius 2 is 2.19 bits per heavy atom. The summed E-state index contributed by atoms with van der Waals surface area (Å²) in [5.41, 5.74) is 1.52. The molecule has 0 aromatic carbocycles. The molecule has 4 nitrogen and oxygen atoms in total. The minimum atomic E-state index is 0.302. The van der Waals surface area contributed by atoms with Crippen molar-refractivity contribution in [3.8, 4) is 0 Å². The molecule has 0 spiro atoms. The van der Waals surface area contributed by atoms with Gasteiger partial charge < -0.3 is 15.2 Å². The lowest BCUT2D eigenvalue weighted by atomic mass is 9.90. The fourth-order valence-corrected chi connectivity index (χ4v) is 2.15. The summed E-state index contributed by atoms with van der Waals surface area (Å²) in [6.07, 6.45) is 5.31. The smallest absolute Gasteiger partial charge is 0.202 e. The van der Waals surface area contributed by atoms with Gasteiger partial charge in [0.1, 0.15) is 0 Å². The molecule has 16 heavy (non-hydrogen) atoms. The van der Waals surface area contributed by atoms with E-state index >= 15 is 0 Å². The molecular formula is C12H22N4. The summed E-state index contributed by atoms with van der Waals surface area (Å²) in [4.78, 5) is 10.2. The van der Waals surface area contributed by atoms with E-state index in [1.165, 1.54) is 18.5 Å². The lowest BCUT2D eigenvalue weighted by Gasteiger charge is -2.39. The van der Waals surface area contributed by atoms with Gasteiger partial charge in [0.25, 0.3) is 0 Å². The number of aromatic amines is 1. The standard InChI is InChI=1S/C12H22N4/c1-4-10-9-14-11(15-10)16-7-5-12(2,13-3)6-8-16/h9,13H,4-8H2,1-3H3,(H,14,15). The van der Waals surface area contributed by atoms with Crippen molar-refractivity contribution in [2.45, 2.75) is 38.6 Å². The van der Waals surface area contributed by atoms with Crippen LogP contribution in [0.15, 0.2) is 6.20 Å². The first-order valence-corrected chi connectivity index (χ1v) is 6.14. The molecule has 1 saturated heterocycles. The third-order valence-electron chi connectivity index (χ3n) is 3.77. The average molecular weight is 222 g/mol. The summed E-state index contributed by atoms with van der Waals surface area (Å²) < 4.78 is 0. The number of hydrogen-bond acceptors (Lipinski definition) is 3. The molecule has 1 aliphatic rings. The number of aryl methyl sites for hydroxylation is 1. The number of aromatic nitrogens is 2. The Labute approximate surface area is 97.4 Å². The van der Waals surface area contributed by atoms with Crippen LogP contribution < -0.4 is 10.2 Å². The first-order chi connectivity index (χ1) is 7.67. The van der Waals surface area contributed by atoms with Crippen LogP contribution in [0.25, 0.3) is 0 Å². The Bertz CT molecular complexity index is 337. The van der Waals surface area contributed by atoms with Crippen molar-refractivity contribution in [3.63, 3.8) is 0 Å². The van der Waals surface area contributed by atoms with Crippen LogP contribution in [0, 0.1) is 0 Å². The van der Waals surface area contributed by atoms with Gasteiger partial charge in [-0.1, -0.05) is 6.92 Å². The molecule has 0 atom stereocenters. The van der Waals surface area contributed by atoms with Crippen LogP contribution >= 0.6 is 0 Å². The topological polar surface area (TPSA) is 44.0 Å². The molecule has 1 aromatic heterocycles. The number of imidazole rings is 1. The van der Waals surface area contributed by atoms with Crippen LogP contribution in [0.1, 0.15) is 32.4 Å². The van der Waals surface area contributed by atoms with E-state index in [0.717, 1.165) is 25.5 Å². The number of nitrogens with zero attached hydrogens (tertiary/aromatic N) is 2. The van der Waals surface area contributed by atoms with Crippen LogP contribution in [0.3, 0.4) is 0 Å². The Kier molecular flexibility index (Phi) is 3.19. The molecule has 0 aliphatic carbocycles. The number of rotatable bonds is 3. The van der Waals surface area contributed by atoms with Gasteiger partial charge in [-0.3, -0.25) is 0 Å². The van der Waals surface area contributed by atoms with E-state index in [1.807, 2.05) is 6.20 Å². The van der Waals surface area contributed by atoms with Crippen LogP contribution in [0.5, 0.6) is 0 Å². The molecule has 0 saturated carbocycles. The summed E-state index contributed by atoms with van der Waals surface area (Å²) in [5.74, 6) is 1.04. The van der Waals surface area contributed by atoms with E-state index in [1.54, 1.807) is 0 Å². The summed E-state index contributed by atoms with van der Waals surface area (Å²) in [5, 5.41) is 3.41. The molecule has 1 fully saturated rings. The van der Waals surface area contributed by atoms with Gasteiger partial charge in [-0.15, -0.1) is 0 Å². The van der Waals surface area contributed by atoms with E-state index in [4.69, 9.17) is 0 Å². The minimum absolute atomic E-state index is 0.302. The normalized spacial score (nSPS) is 20.1. The highest BCUT2D eigenvalue weighted by molar-refractivity contribution is 5.32. The van der Waals surface area contributed by atoms with Crippen molar-refractivity contribution < 1.29 is 0 Å². The fourth-order valence-electron chi connectivity index (χ4n) is 2.15. The van der Waals surface area contributed by atoms with Crippen molar-refractivity contribution in [1.29, 1.82) is 0 Å². The highest BCUT2D eigenvalue weighted by Gasteiger charge is 2.29. The molecule has 1 aromatic rings. The number of anilines is 1. The average Bonchev–Trinajstić information content (AvgIpc) is 2.79. The maximum Gasteiger partial charge on any atom is 0.202 e. The largest absolute Gasteiger partial charge is 0.342 e. The van der Waals surface area contributed by atoms with E-state index < -0.39 is 0 Å². The third kappa shape index (κ3) is 2.21. The molecule has 4 heteroatoms. The second-order valence-corrected chi connectivity index (χ2v) is 4.88. The lowest BCUT2D eigenvalue weighted by molar-refractivity contribution is 0.304. The molecule has 0 bridgehead atoms. The van der Waals surface area contributed by atoms with E-state index in [0.29, 0.717) is 5.54 Å². The highest BCUT2D eigenvalue weighted by Crippen LogP contribution is 2.23. The maximum absolute atomic E-state index is 4.43.